The van der Waals surface area contributed by atoms with Crippen LogP contribution in [-0.2, 0) is 11.3 Å². The van der Waals surface area contributed by atoms with Gasteiger partial charge in [0.25, 0.3) is 5.91 Å². The van der Waals surface area contributed by atoms with E-state index < -0.39 is 0 Å². The summed E-state index contributed by atoms with van der Waals surface area (Å²) in [5, 5.41) is 12.7. The molecule has 180 valence electrons. The number of rotatable bonds is 7. The van der Waals surface area contributed by atoms with E-state index in [1.165, 1.54) is 0 Å². The normalized spacial score (nSPS) is 17.9. The van der Waals surface area contributed by atoms with Crippen molar-refractivity contribution < 1.29 is 9.53 Å². The predicted octanol–water partition coefficient (Wildman–Crippen LogP) is 4.77. The van der Waals surface area contributed by atoms with Gasteiger partial charge in [-0.15, -0.1) is 0 Å². The molecule has 1 aliphatic carbocycles. The molecule has 2 N–H and O–H groups in total. The summed E-state index contributed by atoms with van der Waals surface area (Å²) in [6, 6.07) is 17.3. The van der Waals surface area contributed by atoms with Gasteiger partial charge in [0.2, 0.25) is 0 Å². The van der Waals surface area contributed by atoms with Gasteiger partial charge < -0.3 is 15.4 Å². The molecule has 5 rings (SSSR count). The van der Waals surface area contributed by atoms with E-state index in [1.807, 2.05) is 54.6 Å². The van der Waals surface area contributed by atoms with Gasteiger partial charge in [-0.2, -0.15) is 5.10 Å². The lowest BCUT2D eigenvalue weighted by atomic mass is 9.91. The van der Waals surface area contributed by atoms with Gasteiger partial charge >= 0.3 is 0 Å². The standard InChI is InChI=1S/C26H27ClN6O2/c1-35-16-23-31-24(20-15-28-33(25(20)32-23)22-10-6-5-9-21(22)27)29-18-11-13-19(14-12-18)30-26(34)17-7-3-2-4-8-17/h2-10,15,18-19H,11-14,16H2,1H3,(H,30,34)(H,29,31,32). The number of nitrogens with one attached hydrogen (secondary N) is 2. The summed E-state index contributed by atoms with van der Waals surface area (Å²) in [6.07, 6.45) is 5.40. The van der Waals surface area contributed by atoms with Gasteiger partial charge in [-0.3, -0.25) is 4.79 Å². The van der Waals surface area contributed by atoms with Crippen LogP contribution in [0.5, 0.6) is 0 Å². The van der Waals surface area contributed by atoms with Crippen molar-refractivity contribution >= 4 is 34.4 Å². The van der Waals surface area contributed by atoms with Gasteiger partial charge in [-0.1, -0.05) is 41.9 Å². The zero-order valence-corrected chi connectivity index (χ0v) is 20.2. The molecular formula is C26H27ClN6O2. The van der Waals surface area contributed by atoms with Crippen LogP contribution in [0.1, 0.15) is 41.9 Å². The smallest absolute Gasteiger partial charge is 0.251 e. The highest BCUT2D eigenvalue weighted by Crippen LogP contribution is 2.29. The molecule has 2 aromatic heterocycles. The Hall–Kier alpha value is -3.49. The number of amides is 1. The highest BCUT2D eigenvalue weighted by atomic mass is 35.5. The third-order valence-corrected chi connectivity index (χ3v) is 6.59. The van der Waals surface area contributed by atoms with E-state index in [-0.39, 0.29) is 24.6 Å². The largest absolute Gasteiger partial charge is 0.377 e. The number of halogens is 1. The number of ether oxygens (including phenoxy) is 1. The van der Waals surface area contributed by atoms with Gasteiger partial charge in [0.05, 0.1) is 22.3 Å². The van der Waals surface area contributed by atoms with Crippen molar-refractivity contribution in [2.24, 2.45) is 0 Å². The van der Waals surface area contributed by atoms with Crippen LogP contribution < -0.4 is 10.6 Å². The second-order valence-electron chi connectivity index (χ2n) is 8.70. The maximum Gasteiger partial charge on any atom is 0.251 e. The van der Waals surface area contributed by atoms with Crippen molar-refractivity contribution in [3.63, 3.8) is 0 Å². The lowest BCUT2D eigenvalue weighted by Crippen LogP contribution is -2.40. The van der Waals surface area contributed by atoms with E-state index in [4.69, 9.17) is 21.3 Å². The maximum atomic E-state index is 12.5. The second-order valence-corrected chi connectivity index (χ2v) is 9.11. The number of methoxy groups -OCH3 is 1. The average molecular weight is 491 g/mol. The van der Waals surface area contributed by atoms with Crippen LogP contribution >= 0.6 is 11.6 Å². The van der Waals surface area contributed by atoms with Gasteiger partial charge in [0.1, 0.15) is 12.4 Å². The highest BCUT2D eigenvalue weighted by Gasteiger charge is 2.24. The number of para-hydroxylation sites is 1. The molecule has 2 heterocycles. The number of nitrogens with zero attached hydrogens (tertiary/aromatic N) is 4. The minimum Gasteiger partial charge on any atom is -0.377 e. The van der Waals surface area contributed by atoms with Crippen LogP contribution in [0, 0.1) is 0 Å². The van der Waals surface area contributed by atoms with E-state index >= 15 is 0 Å². The van der Waals surface area contributed by atoms with E-state index in [9.17, 15) is 4.79 Å². The Bertz CT molecular complexity index is 1320. The topological polar surface area (TPSA) is 94.0 Å². The Morgan fingerprint density at radius 1 is 1.03 bits per heavy atom. The molecule has 35 heavy (non-hydrogen) atoms. The molecular weight excluding hydrogens is 464 g/mol. The second kappa shape index (κ2) is 10.4. The first-order valence-corrected chi connectivity index (χ1v) is 12.1. The number of anilines is 1. The summed E-state index contributed by atoms with van der Waals surface area (Å²) in [4.78, 5) is 21.9. The van der Waals surface area contributed by atoms with Crippen molar-refractivity contribution in [1.29, 1.82) is 0 Å². The molecule has 2 aromatic carbocycles. The number of aromatic nitrogens is 4. The maximum absolute atomic E-state index is 12.5. The molecule has 0 atom stereocenters. The minimum absolute atomic E-state index is 0.0179. The SMILES string of the molecule is COCc1nc(NC2CCC(NC(=O)c3ccccc3)CC2)c2cnn(-c3ccccc3Cl)c2n1. The van der Waals surface area contributed by atoms with Gasteiger partial charge in [-0.05, 0) is 49.9 Å². The summed E-state index contributed by atoms with van der Waals surface area (Å²) >= 11 is 6.43. The quantitative estimate of drug-likeness (QED) is 0.387. The Kier molecular flexibility index (Phi) is 6.92. The van der Waals surface area contributed by atoms with E-state index in [1.54, 1.807) is 18.0 Å². The predicted molar refractivity (Wildman–Crippen MR) is 136 cm³/mol. The summed E-state index contributed by atoms with van der Waals surface area (Å²) < 4.78 is 7.04. The molecule has 1 aliphatic rings. The molecule has 0 unspecified atom stereocenters. The van der Waals surface area contributed by atoms with Crippen molar-refractivity contribution in [3.05, 3.63) is 77.2 Å². The third-order valence-electron chi connectivity index (χ3n) is 6.27. The number of hydrogen-bond donors (Lipinski definition) is 2. The van der Waals surface area contributed by atoms with Crippen LogP contribution in [0.25, 0.3) is 16.7 Å². The van der Waals surface area contributed by atoms with Crippen LogP contribution in [0.3, 0.4) is 0 Å². The summed E-state index contributed by atoms with van der Waals surface area (Å²) in [5.41, 5.74) is 2.12. The van der Waals surface area contributed by atoms with Crippen molar-refractivity contribution in [3.8, 4) is 5.69 Å². The molecule has 9 heteroatoms. The fraction of sp³-hybridized carbons (Fsp3) is 0.308. The monoisotopic (exact) mass is 490 g/mol. The van der Waals surface area contributed by atoms with Crippen LogP contribution in [0.2, 0.25) is 5.02 Å². The van der Waals surface area contributed by atoms with E-state index in [0.29, 0.717) is 22.1 Å². The molecule has 0 spiro atoms. The number of fused-ring (bicyclic) bond motifs is 1. The molecule has 0 radical (unpaired) electrons. The van der Waals surface area contributed by atoms with Crippen molar-refractivity contribution in [2.75, 3.05) is 12.4 Å². The first-order chi connectivity index (χ1) is 17.1. The molecule has 0 bridgehead atoms. The fourth-order valence-corrected chi connectivity index (χ4v) is 4.71. The first kappa shape index (κ1) is 23.3. The van der Waals surface area contributed by atoms with Crippen molar-refractivity contribution in [2.45, 2.75) is 44.4 Å². The van der Waals surface area contributed by atoms with Crippen molar-refractivity contribution in [1.82, 2.24) is 25.1 Å². The van der Waals surface area contributed by atoms with Crippen LogP contribution in [0.15, 0.2) is 60.8 Å². The minimum atomic E-state index is -0.0179. The Balaban J connectivity index is 1.32. The number of carbonyl (C=O) groups is 1. The summed E-state index contributed by atoms with van der Waals surface area (Å²) in [6.45, 7) is 0.288. The zero-order chi connectivity index (χ0) is 24.2. The first-order valence-electron chi connectivity index (χ1n) is 11.7. The fourth-order valence-electron chi connectivity index (χ4n) is 4.49. The third kappa shape index (κ3) is 5.13. The number of carbonyl (C=O) groups excluding carboxylic acids is 1. The van der Waals surface area contributed by atoms with E-state index in [0.717, 1.165) is 42.6 Å². The average Bonchev–Trinajstić information content (AvgIpc) is 3.30. The molecule has 1 amide bonds. The van der Waals surface area contributed by atoms with Crippen LogP contribution in [-0.4, -0.2) is 44.8 Å². The van der Waals surface area contributed by atoms with Gasteiger partial charge in [0.15, 0.2) is 11.5 Å². The molecule has 4 aromatic rings. The molecule has 8 nitrogen and oxygen atoms in total. The molecule has 1 fully saturated rings. The number of hydrogen-bond acceptors (Lipinski definition) is 6. The Morgan fingerprint density at radius 2 is 1.74 bits per heavy atom. The Morgan fingerprint density at radius 3 is 2.49 bits per heavy atom. The Labute approximate surface area is 208 Å². The van der Waals surface area contributed by atoms with Gasteiger partial charge in [-0.25, -0.2) is 14.6 Å². The zero-order valence-electron chi connectivity index (χ0n) is 19.4. The highest BCUT2D eigenvalue weighted by molar-refractivity contribution is 6.32. The number of benzene rings is 2. The molecule has 1 saturated carbocycles. The molecule has 0 saturated heterocycles. The lowest BCUT2D eigenvalue weighted by molar-refractivity contribution is 0.0926. The summed E-state index contributed by atoms with van der Waals surface area (Å²) in [7, 11) is 1.62. The van der Waals surface area contributed by atoms with Crippen LogP contribution in [0.4, 0.5) is 5.82 Å². The van der Waals surface area contributed by atoms with E-state index in [2.05, 4.69) is 20.7 Å². The lowest BCUT2D eigenvalue weighted by Gasteiger charge is -2.30. The summed E-state index contributed by atoms with van der Waals surface area (Å²) in [5.74, 6) is 1.29. The van der Waals surface area contributed by atoms with Gasteiger partial charge in [0, 0.05) is 24.8 Å². The molecule has 0 aliphatic heterocycles.